The van der Waals surface area contributed by atoms with E-state index in [4.69, 9.17) is 0 Å². The lowest BCUT2D eigenvalue weighted by Gasteiger charge is -2.23. The fourth-order valence-electron chi connectivity index (χ4n) is 1.56. The molecule has 0 aromatic carbocycles. The molecular weight excluding hydrogens is 246 g/mol. The lowest BCUT2D eigenvalue weighted by Crippen LogP contribution is -2.40. The van der Waals surface area contributed by atoms with Crippen LogP contribution >= 0.6 is 0 Å². The zero-order valence-corrected chi connectivity index (χ0v) is 11.5. The average Bonchev–Trinajstić information content (AvgIpc) is 2.37. The Kier molecular flexibility index (Phi) is 5.29. The van der Waals surface area contributed by atoms with Crippen LogP contribution in [0.1, 0.15) is 23.7 Å². The van der Waals surface area contributed by atoms with Crippen LogP contribution in [0.3, 0.4) is 0 Å². The first-order chi connectivity index (χ1) is 8.97. The summed E-state index contributed by atoms with van der Waals surface area (Å²) >= 11 is 0. The van der Waals surface area contributed by atoms with Crippen molar-refractivity contribution in [1.82, 2.24) is 14.8 Å². The first-order valence-electron chi connectivity index (χ1n) is 6.09. The second kappa shape index (κ2) is 6.72. The SMILES string of the molecule is CCCN(CC(=O)N(C)C)C(=O)c1ccncc1O. The van der Waals surface area contributed by atoms with Gasteiger partial charge in [-0.3, -0.25) is 14.6 Å². The molecule has 0 aliphatic carbocycles. The average molecular weight is 265 g/mol. The van der Waals surface area contributed by atoms with Gasteiger partial charge in [-0.25, -0.2) is 0 Å². The van der Waals surface area contributed by atoms with E-state index in [1.807, 2.05) is 6.92 Å². The summed E-state index contributed by atoms with van der Waals surface area (Å²) in [6.07, 6.45) is 3.38. The zero-order chi connectivity index (χ0) is 14.4. The summed E-state index contributed by atoms with van der Waals surface area (Å²) < 4.78 is 0. The Bertz CT molecular complexity index is 460. The maximum atomic E-state index is 12.3. The monoisotopic (exact) mass is 265 g/mol. The van der Waals surface area contributed by atoms with Gasteiger partial charge in [0.2, 0.25) is 5.91 Å². The highest BCUT2D eigenvalue weighted by Crippen LogP contribution is 2.16. The first kappa shape index (κ1) is 14.9. The van der Waals surface area contributed by atoms with Crippen LogP contribution in [-0.2, 0) is 4.79 Å². The third-order valence-corrected chi connectivity index (χ3v) is 2.64. The zero-order valence-electron chi connectivity index (χ0n) is 11.5. The molecule has 0 radical (unpaired) electrons. The van der Waals surface area contributed by atoms with Crippen LogP contribution < -0.4 is 0 Å². The van der Waals surface area contributed by atoms with Gasteiger partial charge in [-0.1, -0.05) is 6.92 Å². The molecule has 2 amide bonds. The molecule has 1 rings (SSSR count). The molecule has 104 valence electrons. The molecule has 1 aromatic rings. The maximum absolute atomic E-state index is 12.3. The van der Waals surface area contributed by atoms with Crippen molar-refractivity contribution in [1.29, 1.82) is 0 Å². The third-order valence-electron chi connectivity index (χ3n) is 2.64. The second-order valence-corrected chi connectivity index (χ2v) is 4.41. The fraction of sp³-hybridized carbons (Fsp3) is 0.462. The fourth-order valence-corrected chi connectivity index (χ4v) is 1.56. The van der Waals surface area contributed by atoms with Gasteiger partial charge < -0.3 is 14.9 Å². The van der Waals surface area contributed by atoms with Crippen molar-refractivity contribution in [2.24, 2.45) is 0 Å². The highest BCUT2D eigenvalue weighted by atomic mass is 16.3. The van der Waals surface area contributed by atoms with Gasteiger partial charge in [0.25, 0.3) is 5.91 Å². The first-order valence-corrected chi connectivity index (χ1v) is 6.09. The summed E-state index contributed by atoms with van der Waals surface area (Å²) in [6.45, 7) is 2.38. The normalized spacial score (nSPS) is 10.1. The van der Waals surface area contributed by atoms with E-state index < -0.39 is 0 Å². The Labute approximate surface area is 112 Å². The molecule has 6 nitrogen and oxygen atoms in total. The van der Waals surface area contributed by atoms with Gasteiger partial charge in [0.1, 0.15) is 12.3 Å². The number of rotatable bonds is 5. The summed E-state index contributed by atoms with van der Waals surface area (Å²) in [5.41, 5.74) is 0.162. The smallest absolute Gasteiger partial charge is 0.258 e. The molecule has 0 spiro atoms. The molecule has 0 aliphatic rings. The minimum atomic E-state index is -0.364. The molecule has 0 saturated carbocycles. The quantitative estimate of drug-likeness (QED) is 0.851. The van der Waals surface area contributed by atoms with E-state index in [0.29, 0.717) is 6.54 Å². The van der Waals surface area contributed by atoms with Crippen molar-refractivity contribution < 1.29 is 14.7 Å². The highest BCUT2D eigenvalue weighted by Gasteiger charge is 2.21. The van der Waals surface area contributed by atoms with Gasteiger partial charge in [-0.2, -0.15) is 0 Å². The van der Waals surface area contributed by atoms with Gasteiger partial charge >= 0.3 is 0 Å². The molecule has 0 bridgehead atoms. The third kappa shape index (κ3) is 3.94. The molecule has 0 aliphatic heterocycles. The van der Waals surface area contributed by atoms with E-state index in [9.17, 15) is 14.7 Å². The van der Waals surface area contributed by atoms with Gasteiger partial charge in [0.15, 0.2) is 0 Å². The number of hydrogen-bond donors (Lipinski definition) is 1. The predicted octanol–water partition coefficient (Wildman–Crippen LogP) is 0.728. The van der Waals surface area contributed by atoms with Crippen LogP contribution in [0.25, 0.3) is 0 Å². The standard InChI is InChI=1S/C13H19N3O3/c1-4-7-16(9-12(18)15(2)3)13(19)10-5-6-14-8-11(10)17/h5-6,8,17H,4,7,9H2,1-3H3. The summed E-state index contributed by atoms with van der Waals surface area (Å²) in [5, 5.41) is 9.64. The number of hydrogen-bond acceptors (Lipinski definition) is 4. The largest absolute Gasteiger partial charge is 0.505 e. The summed E-state index contributed by atoms with van der Waals surface area (Å²) in [4.78, 5) is 30.6. The Morgan fingerprint density at radius 1 is 1.37 bits per heavy atom. The van der Waals surface area contributed by atoms with Crippen LogP contribution in [-0.4, -0.2) is 58.9 Å². The van der Waals surface area contributed by atoms with Crippen LogP contribution in [0.15, 0.2) is 18.5 Å². The molecule has 19 heavy (non-hydrogen) atoms. The van der Waals surface area contributed by atoms with Crippen molar-refractivity contribution in [3.8, 4) is 5.75 Å². The molecule has 1 N–H and O–H groups in total. The van der Waals surface area contributed by atoms with E-state index >= 15 is 0 Å². The van der Waals surface area contributed by atoms with E-state index in [-0.39, 0.29) is 29.7 Å². The van der Waals surface area contributed by atoms with Gasteiger partial charge in [-0.05, 0) is 12.5 Å². The van der Waals surface area contributed by atoms with Crippen molar-refractivity contribution in [3.63, 3.8) is 0 Å². The molecule has 6 heteroatoms. The van der Waals surface area contributed by atoms with Crippen LogP contribution in [0.2, 0.25) is 0 Å². The number of amides is 2. The van der Waals surface area contributed by atoms with Crippen LogP contribution in [0, 0.1) is 0 Å². The van der Waals surface area contributed by atoms with Crippen LogP contribution in [0.4, 0.5) is 0 Å². The van der Waals surface area contributed by atoms with Crippen LogP contribution in [0.5, 0.6) is 5.75 Å². The molecule has 1 aromatic heterocycles. The molecule has 0 fully saturated rings. The minimum Gasteiger partial charge on any atom is -0.505 e. The summed E-state index contributed by atoms with van der Waals surface area (Å²) in [7, 11) is 3.28. The maximum Gasteiger partial charge on any atom is 0.258 e. The number of aromatic hydroxyl groups is 1. The highest BCUT2D eigenvalue weighted by molar-refractivity contribution is 5.98. The number of pyridine rings is 1. The Morgan fingerprint density at radius 2 is 2.05 bits per heavy atom. The lowest BCUT2D eigenvalue weighted by molar-refractivity contribution is -0.129. The molecule has 0 saturated heterocycles. The number of aromatic nitrogens is 1. The van der Waals surface area contributed by atoms with E-state index in [2.05, 4.69) is 4.98 Å². The molecular formula is C13H19N3O3. The van der Waals surface area contributed by atoms with Crippen molar-refractivity contribution in [2.75, 3.05) is 27.2 Å². The van der Waals surface area contributed by atoms with Crippen molar-refractivity contribution in [2.45, 2.75) is 13.3 Å². The van der Waals surface area contributed by atoms with Crippen molar-refractivity contribution >= 4 is 11.8 Å². The topological polar surface area (TPSA) is 73.7 Å². The van der Waals surface area contributed by atoms with Gasteiger partial charge in [-0.15, -0.1) is 0 Å². The number of carbonyl (C=O) groups is 2. The van der Waals surface area contributed by atoms with E-state index in [0.717, 1.165) is 6.42 Å². The van der Waals surface area contributed by atoms with Gasteiger partial charge in [0, 0.05) is 26.8 Å². The second-order valence-electron chi connectivity index (χ2n) is 4.41. The molecule has 0 unspecified atom stereocenters. The summed E-state index contributed by atoms with van der Waals surface area (Å²) in [6, 6.07) is 1.44. The molecule has 1 heterocycles. The Balaban J connectivity index is 2.90. The van der Waals surface area contributed by atoms with E-state index in [1.165, 1.54) is 28.3 Å². The summed E-state index contributed by atoms with van der Waals surface area (Å²) in [5.74, 6) is -0.696. The Hall–Kier alpha value is -2.11. The van der Waals surface area contributed by atoms with Gasteiger partial charge in [0.05, 0.1) is 11.8 Å². The number of likely N-dealkylation sites (N-methyl/N-ethyl adjacent to an activating group) is 1. The Morgan fingerprint density at radius 3 is 2.58 bits per heavy atom. The molecule has 0 atom stereocenters. The number of carbonyl (C=O) groups excluding carboxylic acids is 2. The van der Waals surface area contributed by atoms with E-state index in [1.54, 1.807) is 14.1 Å². The number of nitrogens with zero attached hydrogens (tertiary/aromatic N) is 3. The van der Waals surface area contributed by atoms with Crippen molar-refractivity contribution in [3.05, 3.63) is 24.0 Å². The minimum absolute atomic E-state index is 0.00142. The predicted molar refractivity (Wildman–Crippen MR) is 70.8 cm³/mol. The lowest BCUT2D eigenvalue weighted by atomic mass is 10.2.